The lowest BCUT2D eigenvalue weighted by atomic mass is 10.1. The van der Waals surface area contributed by atoms with Crippen LogP contribution in [0.15, 0.2) is 0 Å². The molecule has 55 valence electrons. The van der Waals surface area contributed by atoms with Gasteiger partial charge in [0.05, 0.1) is 0 Å². The molecule has 1 radical (unpaired) electrons. The molecule has 0 saturated heterocycles. The highest BCUT2D eigenvalue weighted by atomic mass is 19.2. The Bertz CT molecular complexity index is 61.9. The lowest BCUT2D eigenvalue weighted by molar-refractivity contribution is 0.170. The lowest BCUT2D eigenvalue weighted by Gasteiger charge is -2.06. The zero-order valence-corrected chi connectivity index (χ0v) is 5.74. The van der Waals surface area contributed by atoms with Crippen molar-refractivity contribution in [3.8, 4) is 0 Å². The predicted molar refractivity (Wildman–Crippen MR) is 34.7 cm³/mol. The average Bonchev–Trinajstić information content (AvgIpc) is 1.82. The van der Waals surface area contributed by atoms with Gasteiger partial charge >= 0.3 is 0 Å². The summed E-state index contributed by atoms with van der Waals surface area (Å²) >= 11 is 0. The molecule has 0 nitrogen and oxygen atoms in total. The molecule has 0 aliphatic heterocycles. The number of halogens is 2. The Balaban J connectivity index is 3.16. The van der Waals surface area contributed by atoms with Gasteiger partial charge in [0.15, 0.2) is 0 Å². The van der Waals surface area contributed by atoms with E-state index >= 15 is 0 Å². The molecule has 0 bridgehead atoms. The van der Waals surface area contributed by atoms with Crippen LogP contribution in [-0.2, 0) is 0 Å². The molecular weight excluding hydrogens is 122 g/mol. The zero-order chi connectivity index (χ0) is 7.28. The van der Waals surface area contributed by atoms with Crippen LogP contribution in [0.3, 0.4) is 0 Å². The van der Waals surface area contributed by atoms with Gasteiger partial charge in [0.25, 0.3) is 0 Å². The summed E-state index contributed by atoms with van der Waals surface area (Å²) < 4.78 is 24.3. The number of hydrogen-bond donors (Lipinski definition) is 0. The predicted octanol–water partition coefficient (Wildman–Crippen LogP) is 2.69. The molecule has 0 spiro atoms. The summed E-state index contributed by atoms with van der Waals surface area (Å²) in [5.41, 5.74) is 0. The van der Waals surface area contributed by atoms with Crippen LogP contribution in [0.2, 0.25) is 0 Å². The Morgan fingerprint density at radius 1 is 1.44 bits per heavy atom. The van der Waals surface area contributed by atoms with Gasteiger partial charge in [0.1, 0.15) is 12.3 Å². The number of rotatable bonds is 4. The first-order valence-electron chi connectivity index (χ1n) is 3.26. The van der Waals surface area contributed by atoms with E-state index in [1.807, 2.05) is 0 Å². The monoisotopic (exact) mass is 135 g/mol. The largest absolute Gasteiger partial charge is 0.245 e. The second-order valence-corrected chi connectivity index (χ2v) is 2.19. The summed E-state index contributed by atoms with van der Waals surface area (Å²) in [5.74, 6) is 0. The van der Waals surface area contributed by atoms with Crippen molar-refractivity contribution >= 4 is 0 Å². The van der Waals surface area contributed by atoms with Gasteiger partial charge in [-0.05, 0) is 13.3 Å². The summed E-state index contributed by atoms with van der Waals surface area (Å²) in [6, 6.07) is 0. The molecule has 2 heteroatoms. The highest BCUT2D eigenvalue weighted by Gasteiger charge is 2.12. The van der Waals surface area contributed by atoms with Gasteiger partial charge in [0.2, 0.25) is 0 Å². The normalized spacial score (nSPS) is 17.3. The summed E-state index contributed by atoms with van der Waals surface area (Å²) in [4.78, 5) is 0. The highest BCUT2D eigenvalue weighted by Crippen LogP contribution is 2.10. The van der Waals surface area contributed by atoms with Gasteiger partial charge < -0.3 is 0 Å². The third kappa shape index (κ3) is 4.37. The molecule has 0 N–H and O–H groups in total. The van der Waals surface area contributed by atoms with Crippen molar-refractivity contribution in [3.63, 3.8) is 0 Å². The standard InChI is InChI=1S/C7H13F2/c1-3-4-5-7(9)6(2)8/h6-7H,1,3-5H2,2H3/t6?,7-/m0/s1. The minimum Gasteiger partial charge on any atom is -0.245 e. The van der Waals surface area contributed by atoms with Crippen molar-refractivity contribution in [1.82, 2.24) is 0 Å². The Hall–Kier alpha value is -0.140. The third-order valence-electron chi connectivity index (χ3n) is 1.23. The van der Waals surface area contributed by atoms with Gasteiger partial charge in [-0.25, -0.2) is 8.78 Å². The molecule has 2 atom stereocenters. The van der Waals surface area contributed by atoms with E-state index in [1.165, 1.54) is 6.92 Å². The molecule has 9 heavy (non-hydrogen) atoms. The first-order valence-corrected chi connectivity index (χ1v) is 3.26. The maximum Gasteiger partial charge on any atom is 0.131 e. The van der Waals surface area contributed by atoms with Gasteiger partial charge in [-0.3, -0.25) is 0 Å². The Morgan fingerprint density at radius 3 is 2.33 bits per heavy atom. The van der Waals surface area contributed by atoms with Crippen LogP contribution in [-0.4, -0.2) is 12.3 Å². The second kappa shape index (κ2) is 4.71. The maximum absolute atomic E-state index is 12.3. The van der Waals surface area contributed by atoms with Crippen LogP contribution in [0.5, 0.6) is 0 Å². The van der Waals surface area contributed by atoms with Crippen LogP contribution < -0.4 is 0 Å². The van der Waals surface area contributed by atoms with Gasteiger partial charge in [-0.15, -0.1) is 0 Å². The van der Waals surface area contributed by atoms with Crippen molar-refractivity contribution in [1.29, 1.82) is 0 Å². The summed E-state index contributed by atoms with van der Waals surface area (Å²) in [7, 11) is 0. The summed E-state index contributed by atoms with van der Waals surface area (Å²) in [6.07, 6.45) is -0.938. The van der Waals surface area contributed by atoms with E-state index in [0.29, 0.717) is 19.3 Å². The van der Waals surface area contributed by atoms with E-state index in [1.54, 1.807) is 0 Å². The highest BCUT2D eigenvalue weighted by molar-refractivity contribution is 4.62. The van der Waals surface area contributed by atoms with Crippen LogP contribution in [0.25, 0.3) is 0 Å². The molecule has 0 amide bonds. The Kier molecular flexibility index (Phi) is 4.64. The zero-order valence-electron chi connectivity index (χ0n) is 5.74. The molecule has 1 unspecified atom stereocenters. The molecule has 0 rings (SSSR count). The van der Waals surface area contributed by atoms with E-state index in [9.17, 15) is 8.78 Å². The Labute approximate surface area is 55.3 Å². The lowest BCUT2D eigenvalue weighted by Crippen LogP contribution is -2.12. The molecule has 0 aliphatic carbocycles. The first kappa shape index (κ1) is 8.86. The van der Waals surface area contributed by atoms with Gasteiger partial charge in [-0.1, -0.05) is 19.8 Å². The van der Waals surface area contributed by atoms with E-state index in [2.05, 4.69) is 6.92 Å². The van der Waals surface area contributed by atoms with Crippen molar-refractivity contribution in [2.75, 3.05) is 0 Å². The second-order valence-electron chi connectivity index (χ2n) is 2.19. The summed E-state index contributed by atoms with van der Waals surface area (Å²) in [5, 5.41) is 0. The van der Waals surface area contributed by atoms with E-state index in [4.69, 9.17) is 0 Å². The van der Waals surface area contributed by atoms with E-state index in [0.717, 1.165) is 0 Å². The molecule has 0 aliphatic rings. The van der Waals surface area contributed by atoms with E-state index in [-0.39, 0.29) is 0 Å². The fourth-order valence-electron chi connectivity index (χ4n) is 0.569. The average molecular weight is 135 g/mol. The van der Waals surface area contributed by atoms with Crippen molar-refractivity contribution in [2.45, 2.75) is 38.5 Å². The number of unbranched alkanes of at least 4 members (excludes halogenated alkanes) is 1. The quantitative estimate of drug-likeness (QED) is 0.556. The molecule has 0 aromatic carbocycles. The van der Waals surface area contributed by atoms with Crippen molar-refractivity contribution in [2.24, 2.45) is 0 Å². The molecule has 0 aromatic heterocycles. The van der Waals surface area contributed by atoms with Crippen LogP contribution >= 0.6 is 0 Å². The van der Waals surface area contributed by atoms with Crippen LogP contribution in [0.4, 0.5) is 8.78 Å². The minimum absolute atomic E-state index is 0.307. The number of alkyl halides is 2. The SMILES string of the molecule is [CH2]CCC[C@H](F)C(C)F. The molecule has 0 aromatic rings. The van der Waals surface area contributed by atoms with E-state index < -0.39 is 12.3 Å². The molecule has 0 heterocycles. The van der Waals surface area contributed by atoms with Crippen LogP contribution in [0.1, 0.15) is 26.2 Å². The maximum atomic E-state index is 12.3. The van der Waals surface area contributed by atoms with Crippen molar-refractivity contribution < 1.29 is 8.78 Å². The molecule has 0 saturated carbocycles. The van der Waals surface area contributed by atoms with Crippen LogP contribution in [0, 0.1) is 6.92 Å². The third-order valence-corrected chi connectivity index (χ3v) is 1.23. The topological polar surface area (TPSA) is 0 Å². The summed E-state index contributed by atoms with van der Waals surface area (Å²) in [6.45, 7) is 4.77. The minimum atomic E-state index is -1.32. The fourth-order valence-corrected chi connectivity index (χ4v) is 0.569. The Morgan fingerprint density at radius 2 is 2.00 bits per heavy atom. The fraction of sp³-hybridized carbons (Fsp3) is 0.857. The first-order chi connectivity index (χ1) is 4.18. The van der Waals surface area contributed by atoms with Gasteiger partial charge in [-0.2, -0.15) is 0 Å². The number of hydrogen-bond acceptors (Lipinski definition) is 0. The molecule has 0 fully saturated rings. The molecular formula is C7H13F2. The smallest absolute Gasteiger partial charge is 0.131 e. The van der Waals surface area contributed by atoms with Gasteiger partial charge in [0, 0.05) is 0 Å². The van der Waals surface area contributed by atoms with Crippen molar-refractivity contribution in [3.05, 3.63) is 6.92 Å².